The molecule has 4 aliphatic rings. The Morgan fingerprint density at radius 3 is 1.24 bits per heavy atom. The summed E-state index contributed by atoms with van der Waals surface area (Å²) in [6.07, 6.45) is 3.50. The largest absolute Gasteiger partial charge is 0.439 e. The van der Waals surface area contributed by atoms with Crippen LogP contribution in [0.15, 0.2) is 334 Å². The number of ether oxygens (including phenoxy) is 2. The molecule has 17 aromatic rings. The van der Waals surface area contributed by atoms with Gasteiger partial charge < -0.3 is 29.9 Å². The van der Waals surface area contributed by atoms with Gasteiger partial charge in [0, 0.05) is 96.1 Å². The number of hydrogen-bond donors (Lipinski definition) is 2. The van der Waals surface area contributed by atoms with Gasteiger partial charge in [-0.1, -0.05) is 152 Å². The van der Waals surface area contributed by atoms with Gasteiger partial charge in [0.1, 0.15) is 23.1 Å². The molecular formula is C94H69B2IN10O2. The molecule has 15 heteroatoms. The first-order valence-electron chi connectivity index (χ1n) is 36.7. The second-order valence-electron chi connectivity index (χ2n) is 27.8. The third-order valence-electron chi connectivity index (χ3n) is 21.0. The van der Waals surface area contributed by atoms with Crippen LogP contribution in [0.25, 0.3) is 56.2 Å². The van der Waals surface area contributed by atoms with E-state index in [1.807, 2.05) is 60.7 Å². The summed E-state index contributed by atoms with van der Waals surface area (Å²) >= 11 is 2.28. The second-order valence-corrected chi connectivity index (χ2v) is 29.1. The van der Waals surface area contributed by atoms with E-state index in [2.05, 4.69) is 351 Å². The van der Waals surface area contributed by atoms with Crippen LogP contribution in [0.5, 0.6) is 23.3 Å². The van der Waals surface area contributed by atoms with Crippen molar-refractivity contribution in [2.75, 3.05) is 20.4 Å². The molecule has 0 atom stereocenters. The molecule has 0 unspecified atom stereocenters. The predicted molar refractivity (Wildman–Crippen MR) is 458 cm³/mol. The molecule has 0 bridgehead atoms. The number of para-hydroxylation sites is 8. The van der Waals surface area contributed by atoms with Crippen LogP contribution in [-0.2, 0) is 0 Å². The van der Waals surface area contributed by atoms with Gasteiger partial charge in [0.15, 0.2) is 0 Å². The van der Waals surface area contributed by atoms with Gasteiger partial charge in [-0.3, -0.25) is 9.13 Å². The van der Waals surface area contributed by atoms with Gasteiger partial charge >= 0.3 is 0 Å². The Bertz CT molecular complexity index is 6290. The minimum Gasteiger partial charge on any atom is -0.439 e. The molecule has 0 amide bonds. The number of pyridine rings is 2. The lowest BCUT2D eigenvalue weighted by Gasteiger charge is -2.44. The maximum absolute atomic E-state index is 6.45. The number of imidazole rings is 2. The maximum atomic E-state index is 6.45. The summed E-state index contributed by atoms with van der Waals surface area (Å²) < 4.78 is 18.6. The van der Waals surface area contributed by atoms with Gasteiger partial charge in [-0.2, -0.15) is 0 Å². The Morgan fingerprint density at radius 1 is 0.330 bits per heavy atom. The maximum Gasteiger partial charge on any atom is 0.252 e. The average molecular weight is 1520 g/mol. The van der Waals surface area contributed by atoms with E-state index in [1.165, 1.54) is 53.4 Å². The zero-order valence-electron chi connectivity index (χ0n) is 60.2. The molecule has 2 N–H and O–H groups in total. The van der Waals surface area contributed by atoms with Gasteiger partial charge in [-0.05, 0) is 263 Å². The molecule has 0 saturated carbocycles. The number of nitrogens with zero attached hydrogens (tertiary/aromatic N) is 8. The van der Waals surface area contributed by atoms with Crippen molar-refractivity contribution in [3.63, 3.8) is 0 Å². The van der Waals surface area contributed by atoms with Gasteiger partial charge in [-0.25, -0.2) is 19.9 Å². The summed E-state index contributed by atoms with van der Waals surface area (Å²) in [6, 6.07) is 112. The number of hydrogen-bond acceptors (Lipinski definition) is 10. The molecule has 520 valence electrons. The van der Waals surface area contributed by atoms with Crippen LogP contribution in [0, 0.1) is 31.3 Å². The van der Waals surface area contributed by atoms with Gasteiger partial charge in [0.05, 0.1) is 33.4 Å². The first kappa shape index (κ1) is 66.4. The fraction of sp³-hybridized carbons (Fsp3) is 0.0426. The molecule has 12 nitrogen and oxygen atoms in total. The van der Waals surface area contributed by atoms with E-state index < -0.39 is 0 Å². The molecule has 4 aliphatic heterocycles. The lowest BCUT2D eigenvalue weighted by Crippen LogP contribution is -2.61. The lowest BCUT2D eigenvalue weighted by atomic mass is 9.33. The van der Waals surface area contributed by atoms with Crippen molar-refractivity contribution in [2.45, 2.75) is 27.7 Å². The average Bonchev–Trinajstić information content (AvgIpc) is 0.881. The molecular weight excluding hydrogens is 1450 g/mol. The standard InChI is InChI=1S/C50H36BN5O.C38H28BN5O.C6H5I/c1-33-15-13-16-34(2)49(33)56-44-22-10-9-21-41(44)53-50(56)35-26-28-42-39(31-35)51-40-32-38(57-47-25-11-12-30-52-47)27-29-43(40)55(37-19-7-4-8-20-37)46-24-14-23-45(48(46)51)54(42)36-17-5-3-6-18-36;1-23-9-7-10-24(2)37(23)44-34-14-4-3-11-31(34)43-38(44)25-16-18-29-27(21-25)39-28-22-26(45-35-15-5-6-20-40-35)17-19-30(28)42-33-13-8-12-32(41-29)36(33)39;7-6-4-2-1-3-5-6/h3-32H,1-2H3;3-22,41-42H,1-2H3;1-5H. The number of nitrogens with one attached hydrogen (secondary N) is 2. The highest BCUT2D eigenvalue weighted by Gasteiger charge is 2.44. The fourth-order valence-electron chi connectivity index (χ4n) is 16.4. The minimum absolute atomic E-state index is 0.00559. The lowest BCUT2D eigenvalue weighted by molar-refractivity contribution is 0.463. The van der Waals surface area contributed by atoms with Crippen molar-refractivity contribution in [2.24, 2.45) is 0 Å². The molecule has 21 rings (SSSR count). The number of halogens is 1. The van der Waals surface area contributed by atoms with Crippen molar-refractivity contribution in [3.8, 4) is 57.4 Å². The normalized spacial score (nSPS) is 12.3. The third kappa shape index (κ3) is 12.0. The molecule has 0 fully saturated rings. The van der Waals surface area contributed by atoms with Crippen molar-refractivity contribution in [3.05, 3.63) is 360 Å². The molecule has 13 aromatic carbocycles. The highest BCUT2D eigenvalue weighted by molar-refractivity contribution is 14.1. The minimum atomic E-state index is -0.119. The quantitative estimate of drug-likeness (QED) is 0.101. The van der Waals surface area contributed by atoms with Crippen molar-refractivity contribution in [1.29, 1.82) is 0 Å². The Hall–Kier alpha value is -13.2. The fourth-order valence-corrected chi connectivity index (χ4v) is 16.8. The molecule has 0 aliphatic carbocycles. The van der Waals surface area contributed by atoms with E-state index in [1.54, 1.807) is 12.4 Å². The number of benzene rings is 13. The smallest absolute Gasteiger partial charge is 0.252 e. The SMILES string of the molecule is Cc1cccc(C)c1-n1c(-c2ccc3c(c2)B2c4cc(Oc5ccccn5)ccc4N(c4ccccc4)c4cccc(c42)N3c2ccccc2)nc2ccccc21.Cc1cccc(C)c1-n1c(-c2ccc3c(c2)B2c4cc(Oc5ccccn5)ccc4Nc4cccc(c42)N3)nc2ccccc21.Ic1ccccc1. The summed E-state index contributed by atoms with van der Waals surface area (Å²) in [6.45, 7) is 8.59. The number of rotatable bonds is 10. The summed E-state index contributed by atoms with van der Waals surface area (Å²) in [7, 11) is 0. The van der Waals surface area contributed by atoms with Crippen LogP contribution in [0.1, 0.15) is 22.3 Å². The van der Waals surface area contributed by atoms with E-state index in [-0.39, 0.29) is 13.4 Å². The van der Waals surface area contributed by atoms with Crippen LogP contribution in [0.2, 0.25) is 0 Å². The first-order chi connectivity index (χ1) is 53.6. The Kier molecular flexibility index (Phi) is 17.0. The van der Waals surface area contributed by atoms with E-state index in [9.17, 15) is 0 Å². The Labute approximate surface area is 647 Å². The summed E-state index contributed by atoms with van der Waals surface area (Å²) in [5.74, 6) is 4.46. The van der Waals surface area contributed by atoms with Gasteiger partial charge in [0.2, 0.25) is 11.8 Å². The number of fused-ring (bicyclic) bond motifs is 10. The van der Waals surface area contributed by atoms with Crippen LogP contribution >= 0.6 is 22.6 Å². The van der Waals surface area contributed by atoms with E-state index >= 15 is 0 Å². The van der Waals surface area contributed by atoms with Crippen molar-refractivity contribution in [1.82, 2.24) is 29.1 Å². The van der Waals surface area contributed by atoms with Crippen LogP contribution in [-0.4, -0.2) is 42.5 Å². The predicted octanol–water partition coefficient (Wildman–Crippen LogP) is 20.0. The highest BCUT2D eigenvalue weighted by atomic mass is 127. The molecule has 109 heavy (non-hydrogen) atoms. The topological polar surface area (TPSA) is 110 Å². The highest BCUT2D eigenvalue weighted by Crippen LogP contribution is 2.46. The zero-order chi connectivity index (χ0) is 73.2. The summed E-state index contributed by atoms with van der Waals surface area (Å²) in [4.78, 5) is 24.3. The summed E-state index contributed by atoms with van der Waals surface area (Å²) in [5.41, 5.74) is 31.7. The molecule has 0 saturated heterocycles. The van der Waals surface area contributed by atoms with E-state index in [0.29, 0.717) is 11.8 Å². The van der Waals surface area contributed by atoms with Gasteiger partial charge in [0.25, 0.3) is 13.4 Å². The molecule has 0 spiro atoms. The van der Waals surface area contributed by atoms with Crippen LogP contribution in [0.4, 0.5) is 56.9 Å². The number of anilines is 10. The van der Waals surface area contributed by atoms with Gasteiger partial charge in [-0.15, -0.1) is 0 Å². The van der Waals surface area contributed by atoms with Crippen LogP contribution in [0.3, 0.4) is 0 Å². The molecule has 4 aromatic heterocycles. The zero-order valence-corrected chi connectivity index (χ0v) is 62.3. The van der Waals surface area contributed by atoms with Crippen molar-refractivity contribution >= 4 is 148 Å². The van der Waals surface area contributed by atoms with Crippen LogP contribution < -0.4 is 62.7 Å². The Morgan fingerprint density at radius 2 is 0.734 bits per heavy atom. The molecule has 0 radical (unpaired) electrons. The molecule has 8 heterocycles. The van der Waals surface area contributed by atoms with E-state index in [4.69, 9.17) is 19.4 Å². The summed E-state index contributed by atoms with van der Waals surface area (Å²) in [5, 5.41) is 7.41. The van der Waals surface area contributed by atoms with Crippen molar-refractivity contribution < 1.29 is 9.47 Å². The van der Waals surface area contributed by atoms with E-state index in [0.717, 1.165) is 130 Å². The monoisotopic (exact) mass is 1520 g/mol. The number of aromatic nitrogens is 6. The first-order valence-corrected chi connectivity index (χ1v) is 37.7. The second kappa shape index (κ2) is 27.9. The third-order valence-corrected chi connectivity index (χ3v) is 21.8. The number of aryl methyl sites for hydroxylation is 4. The Balaban J connectivity index is 0.000000139.